The summed E-state index contributed by atoms with van der Waals surface area (Å²) in [7, 11) is 3.07. The number of ether oxygens (including phenoxy) is 2. The molecule has 26 heavy (non-hydrogen) atoms. The first-order chi connectivity index (χ1) is 12.5. The van der Waals surface area contributed by atoms with Gasteiger partial charge in [-0.15, -0.1) is 0 Å². The van der Waals surface area contributed by atoms with Crippen LogP contribution in [0.2, 0.25) is 0 Å². The molecule has 0 aliphatic heterocycles. The monoisotopic (exact) mass is 358 g/mol. The molecule has 0 atom stereocenters. The molecule has 0 saturated carbocycles. The van der Waals surface area contributed by atoms with E-state index in [4.69, 9.17) is 9.47 Å². The number of hydrogen-bond acceptors (Lipinski definition) is 7. The normalized spacial score (nSPS) is 12.6. The predicted octanol–water partition coefficient (Wildman–Crippen LogP) is 2.01. The summed E-state index contributed by atoms with van der Waals surface area (Å²) in [6.07, 6.45) is 2.15. The Morgan fingerprint density at radius 2 is 1.27 bits per heavy atom. The van der Waals surface area contributed by atoms with Crippen molar-refractivity contribution >= 4 is 12.4 Å². The molecular formula is C19H22N2O5. The Balaban J connectivity index is 1.90. The van der Waals surface area contributed by atoms with E-state index < -0.39 is 6.10 Å². The molecule has 0 amide bonds. The van der Waals surface area contributed by atoms with Crippen molar-refractivity contribution in [2.75, 3.05) is 27.3 Å². The summed E-state index contributed by atoms with van der Waals surface area (Å²) in [4.78, 5) is 8.23. The van der Waals surface area contributed by atoms with Gasteiger partial charge in [0, 0.05) is 23.6 Å². The van der Waals surface area contributed by atoms with Crippen molar-refractivity contribution < 1.29 is 24.8 Å². The van der Waals surface area contributed by atoms with Crippen LogP contribution in [0.3, 0.4) is 0 Å². The zero-order valence-electron chi connectivity index (χ0n) is 14.7. The maximum absolute atomic E-state index is 9.94. The second-order valence-electron chi connectivity index (χ2n) is 5.49. The van der Waals surface area contributed by atoms with Gasteiger partial charge in [-0.05, 0) is 36.4 Å². The highest BCUT2D eigenvalue weighted by Crippen LogP contribution is 2.22. The van der Waals surface area contributed by atoms with Gasteiger partial charge in [-0.3, -0.25) is 9.98 Å². The van der Waals surface area contributed by atoms with E-state index in [9.17, 15) is 15.3 Å². The van der Waals surface area contributed by atoms with Crippen molar-refractivity contribution in [1.29, 1.82) is 0 Å². The summed E-state index contributed by atoms with van der Waals surface area (Å²) < 4.78 is 10.2. The molecule has 0 bridgehead atoms. The van der Waals surface area contributed by atoms with E-state index in [2.05, 4.69) is 9.98 Å². The van der Waals surface area contributed by atoms with Crippen molar-refractivity contribution in [3.63, 3.8) is 0 Å². The van der Waals surface area contributed by atoms with E-state index in [0.717, 1.165) is 0 Å². The molecule has 0 aliphatic carbocycles. The van der Waals surface area contributed by atoms with Crippen LogP contribution in [0, 0.1) is 0 Å². The molecule has 7 heteroatoms. The van der Waals surface area contributed by atoms with Gasteiger partial charge in [0.25, 0.3) is 0 Å². The molecule has 0 radical (unpaired) electrons. The van der Waals surface area contributed by atoms with Crippen molar-refractivity contribution in [2.45, 2.75) is 6.10 Å². The van der Waals surface area contributed by atoms with Crippen LogP contribution in [0.25, 0.3) is 0 Å². The second-order valence-corrected chi connectivity index (χ2v) is 5.49. The second kappa shape index (κ2) is 9.43. The number of methoxy groups -OCH3 is 2. The van der Waals surface area contributed by atoms with Gasteiger partial charge in [-0.25, -0.2) is 0 Å². The minimum absolute atomic E-state index is 0.0792. The molecule has 138 valence electrons. The summed E-state index contributed by atoms with van der Waals surface area (Å²) >= 11 is 0. The maximum atomic E-state index is 9.94. The molecule has 0 heterocycles. The SMILES string of the molecule is COc1ccc(O)c(C=NCC(O)CN=Cc2cc(OC)ccc2O)c1. The quantitative estimate of drug-likeness (QED) is 0.626. The molecule has 0 unspecified atom stereocenters. The summed E-state index contributed by atoms with van der Waals surface area (Å²) in [6, 6.07) is 9.61. The van der Waals surface area contributed by atoms with Gasteiger partial charge in [0.1, 0.15) is 23.0 Å². The van der Waals surface area contributed by atoms with E-state index in [0.29, 0.717) is 22.6 Å². The lowest BCUT2D eigenvalue weighted by molar-refractivity contribution is 0.193. The van der Waals surface area contributed by atoms with Crippen LogP contribution < -0.4 is 9.47 Å². The van der Waals surface area contributed by atoms with Crippen molar-refractivity contribution in [2.24, 2.45) is 9.98 Å². The van der Waals surface area contributed by atoms with Crippen molar-refractivity contribution in [1.82, 2.24) is 0 Å². The number of rotatable bonds is 8. The van der Waals surface area contributed by atoms with E-state index >= 15 is 0 Å². The highest BCUT2D eigenvalue weighted by atomic mass is 16.5. The van der Waals surface area contributed by atoms with Crippen LogP contribution in [0.5, 0.6) is 23.0 Å². The van der Waals surface area contributed by atoms with E-state index in [-0.39, 0.29) is 24.6 Å². The van der Waals surface area contributed by atoms with E-state index in [1.807, 2.05) is 0 Å². The number of aliphatic hydroxyl groups excluding tert-OH is 1. The topological polar surface area (TPSA) is 104 Å². The summed E-state index contributed by atoms with van der Waals surface area (Å²) in [6.45, 7) is 0.246. The lowest BCUT2D eigenvalue weighted by Gasteiger charge is -2.06. The molecule has 3 N–H and O–H groups in total. The van der Waals surface area contributed by atoms with Gasteiger partial charge in [-0.1, -0.05) is 0 Å². The fourth-order valence-corrected chi connectivity index (χ4v) is 2.13. The van der Waals surface area contributed by atoms with Gasteiger partial charge < -0.3 is 24.8 Å². The Hall–Kier alpha value is -3.06. The molecule has 0 fully saturated rings. The Kier molecular flexibility index (Phi) is 6.99. The fraction of sp³-hybridized carbons (Fsp3) is 0.263. The predicted molar refractivity (Wildman–Crippen MR) is 100 cm³/mol. The van der Waals surface area contributed by atoms with E-state index in [1.54, 1.807) is 24.3 Å². The lowest BCUT2D eigenvalue weighted by atomic mass is 10.2. The van der Waals surface area contributed by atoms with Gasteiger partial charge in [0.2, 0.25) is 0 Å². The third-order valence-corrected chi connectivity index (χ3v) is 3.56. The molecule has 7 nitrogen and oxygen atoms in total. The molecule has 0 aromatic heterocycles. The van der Waals surface area contributed by atoms with Crippen molar-refractivity contribution in [3.05, 3.63) is 47.5 Å². The molecule has 2 rings (SSSR count). The Labute approximate surface area is 151 Å². The number of hydrogen-bond donors (Lipinski definition) is 3. The molecule has 2 aromatic rings. The summed E-state index contributed by atoms with van der Waals surface area (Å²) in [5, 5.41) is 29.5. The van der Waals surface area contributed by atoms with Crippen LogP contribution >= 0.6 is 0 Å². The minimum Gasteiger partial charge on any atom is -0.507 e. The van der Waals surface area contributed by atoms with Crippen LogP contribution in [0.15, 0.2) is 46.4 Å². The lowest BCUT2D eigenvalue weighted by Crippen LogP contribution is -2.15. The zero-order valence-corrected chi connectivity index (χ0v) is 14.7. The first kappa shape index (κ1) is 19.3. The van der Waals surface area contributed by atoms with Gasteiger partial charge in [0.05, 0.1) is 33.4 Å². The van der Waals surface area contributed by atoms with Crippen molar-refractivity contribution in [3.8, 4) is 23.0 Å². The standard InChI is InChI=1S/C19H22N2O5/c1-25-16-3-5-18(23)13(7-16)9-20-11-15(22)12-21-10-14-8-17(26-2)4-6-19(14)24/h3-10,15,22-24H,11-12H2,1-2H3. The first-order valence-electron chi connectivity index (χ1n) is 7.95. The fourth-order valence-electron chi connectivity index (χ4n) is 2.13. The number of phenols is 2. The number of aliphatic imine (C=N–C) groups is 2. The van der Waals surface area contributed by atoms with Gasteiger partial charge in [-0.2, -0.15) is 0 Å². The molecule has 0 aliphatic rings. The summed E-state index contributed by atoms with van der Waals surface area (Å²) in [5.41, 5.74) is 1.00. The van der Waals surface area contributed by atoms with Crippen LogP contribution in [-0.2, 0) is 0 Å². The van der Waals surface area contributed by atoms with Gasteiger partial charge >= 0.3 is 0 Å². The smallest absolute Gasteiger partial charge is 0.124 e. The van der Waals surface area contributed by atoms with E-state index in [1.165, 1.54) is 38.8 Å². The number of phenolic OH excluding ortho intramolecular Hbond substituents is 2. The molecule has 2 aromatic carbocycles. The highest BCUT2D eigenvalue weighted by Gasteiger charge is 2.04. The Morgan fingerprint density at radius 3 is 1.65 bits per heavy atom. The average Bonchev–Trinajstić information content (AvgIpc) is 2.64. The maximum Gasteiger partial charge on any atom is 0.124 e. The largest absolute Gasteiger partial charge is 0.507 e. The number of nitrogens with zero attached hydrogens (tertiary/aromatic N) is 2. The number of aromatic hydroxyl groups is 2. The Morgan fingerprint density at radius 1 is 0.846 bits per heavy atom. The first-order valence-corrected chi connectivity index (χ1v) is 7.95. The number of aliphatic hydroxyl groups is 1. The third-order valence-electron chi connectivity index (χ3n) is 3.56. The molecule has 0 spiro atoms. The van der Waals surface area contributed by atoms with Crippen LogP contribution in [-0.4, -0.2) is 61.2 Å². The molecule has 0 saturated heterocycles. The Bertz CT molecular complexity index is 724. The zero-order chi connectivity index (χ0) is 18.9. The van der Waals surface area contributed by atoms with Gasteiger partial charge in [0.15, 0.2) is 0 Å². The minimum atomic E-state index is -0.789. The molecular weight excluding hydrogens is 336 g/mol. The average molecular weight is 358 g/mol. The third kappa shape index (κ3) is 5.49. The summed E-state index contributed by atoms with van der Waals surface area (Å²) in [5.74, 6) is 1.37. The number of benzene rings is 2. The highest BCUT2D eigenvalue weighted by molar-refractivity contribution is 5.84. The van der Waals surface area contributed by atoms with Crippen LogP contribution in [0.4, 0.5) is 0 Å². The van der Waals surface area contributed by atoms with Crippen LogP contribution in [0.1, 0.15) is 11.1 Å².